The van der Waals surface area contributed by atoms with Crippen molar-refractivity contribution in [2.75, 3.05) is 6.54 Å². The molecule has 1 atom stereocenters. The third-order valence-electron chi connectivity index (χ3n) is 3.53. The second-order valence-electron chi connectivity index (χ2n) is 5.17. The first-order valence-electron chi connectivity index (χ1n) is 7.28. The molecule has 0 fully saturated rings. The van der Waals surface area contributed by atoms with Crippen LogP contribution in [0.5, 0.6) is 0 Å². The van der Waals surface area contributed by atoms with Crippen LogP contribution in [0.4, 0.5) is 0 Å². The van der Waals surface area contributed by atoms with E-state index in [2.05, 4.69) is 82.8 Å². The summed E-state index contributed by atoms with van der Waals surface area (Å²) < 4.78 is 1.15. The molecule has 2 aromatic carbocycles. The maximum Gasteiger partial charge on any atom is 0.0292 e. The molecule has 0 bridgehead atoms. The summed E-state index contributed by atoms with van der Waals surface area (Å²) in [6, 6.07) is 19.6. The number of hydrogen-bond acceptors (Lipinski definition) is 1. The van der Waals surface area contributed by atoms with Crippen molar-refractivity contribution in [1.29, 1.82) is 0 Å². The quantitative estimate of drug-likeness (QED) is 0.694. The molecular formula is C18H22BrN. The first-order chi connectivity index (χ1) is 9.75. The Morgan fingerprint density at radius 3 is 2.55 bits per heavy atom. The molecular weight excluding hydrogens is 310 g/mol. The maximum absolute atomic E-state index is 3.59. The van der Waals surface area contributed by atoms with Gasteiger partial charge >= 0.3 is 0 Å². The molecule has 0 radical (unpaired) electrons. The van der Waals surface area contributed by atoms with Crippen molar-refractivity contribution >= 4 is 15.9 Å². The highest BCUT2D eigenvalue weighted by atomic mass is 79.9. The van der Waals surface area contributed by atoms with Crippen molar-refractivity contribution in [2.24, 2.45) is 0 Å². The van der Waals surface area contributed by atoms with Crippen LogP contribution >= 0.6 is 15.9 Å². The van der Waals surface area contributed by atoms with Crippen LogP contribution < -0.4 is 5.32 Å². The van der Waals surface area contributed by atoms with Crippen LogP contribution in [0.1, 0.15) is 36.9 Å². The highest BCUT2D eigenvalue weighted by Gasteiger charge is 2.04. The fraction of sp³-hybridized carbons (Fsp3) is 0.333. The minimum Gasteiger partial charge on any atom is -0.310 e. The van der Waals surface area contributed by atoms with E-state index in [1.54, 1.807) is 0 Å². The van der Waals surface area contributed by atoms with E-state index in [1.165, 1.54) is 30.4 Å². The van der Waals surface area contributed by atoms with Gasteiger partial charge in [0.25, 0.3) is 0 Å². The number of nitrogens with one attached hydrogen (secondary N) is 1. The smallest absolute Gasteiger partial charge is 0.0292 e. The van der Waals surface area contributed by atoms with Gasteiger partial charge in [-0.15, -0.1) is 0 Å². The second-order valence-corrected chi connectivity index (χ2v) is 6.09. The minimum atomic E-state index is 0.407. The van der Waals surface area contributed by atoms with Gasteiger partial charge in [0.1, 0.15) is 0 Å². The van der Waals surface area contributed by atoms with Gasteiger partial charge in [0.05, 0.1) is 0 Å². The lowest BCUT2D eigenvalue weighted by molar-refractivity contribution is 0.546. The zero-order valence-corrected chi connectivity index (χ0v) is 13.6. The fourth-order valence-corrected chi connectivity index (χ4v) is 2.73. The van der Waals surface area contributed by atoms with Crippen molar-refractivity contribution in [3.05, 3.63) is 70.2 Å². The van der Waals surface area contributed by atoms with Crippen molar-refractivity contribution in [1.82, 2.24) is 5.32 Å². The zero-order chi connectivity index (χ0) is 14.2. The number of rotatable bonds is 7. The van der Waals surface area contributed by atoms with Crippen LogP contribution in [0.3, 0.4) is 0 Å². The lowest BCUT2D eigenvalue weighted by Crippen LogP contribution is -2.19. The first-order valence-corrected chi connectivity index (χ1v) is 8.08. The molecule has 1 nitrogen and oxygen atoms in total. The summed E-state index contributed by atoms with van der Waals surface area (Å²) in [5.41, 5.74) is 2.77. The third kappa shape index (κ3) is 5.10. The number of aryl methyl sites for hydroxylation is 1. The van der Waals surface area contributed by atoms with Gasteiger partial charge in [0.15, 0.2) is 0 Å². The van der Waals surface area contributed by atoms with Crippen molar-refractivity contribution in [2.45, 2.75) is 32.2 Å². The average Bonchev–Trinajstić information content (AvgIpc) is 2.48. The van der Waals surface area contributed by atoms with Gasteiger partial charge in [-0.3, -0.25) is 0 Å². The minimum absolute atomic E-state index is 0.407. The lowest BCUT2D eigenvalue weighted by Gasteiger charge is -2.14. The van der Waals surface area contributed by atoms with Gasteiger partial charge in [0.2, 0.25) is 0 Å². The van der Waals surface area contributed by atoms with Gasteiger partial charge in [-0.1, -0.05) is 58.4 Å². The van der Waals surface area contributed by atoms with E-state index in [0.29, 0.717) is 6.04 Å². The second kappa shape index (κ2) is 8.23. The molecule has 0 spiro atoms. The highest BCUT2D eigenvalue weighted by Crippen LogP contribution is 2.17. The number of halogens is 1. The van der Waals surface area contributed by atoms with Gasteiger partial charge in [0, 0.05) is 10.5 Å². The normalized spacial score (nSPS) is 12.3. The fourth-order valence-electron chi connectivity index (χ4n) is 2.31. The predicted molar refractivity (Wildman–Crippen MR) is 89.9 cm³/mol. The Hall–Kier alpha value is -1.12. The molecule has 0 heterocycles. The molecule has 0 amide bonds. The van der Waals surface area contributed by atoms with Crippen LogP contribution in [0.15, 0.2) is 59.1 Å². The van der Waals surface area contributed by atoms with E-state index in [1.807, 2.05) is 0 Å². The summed E-state index contributed by atoms with van der Waals surface area (Å²) in [5, 5.41) is 3.59. The zero-order valence-electron chi connectivity index (χ0n) is 12.0. The van der Waals surface area contributed by atoms with Gasteiger partial charge in [-0.25, -0.2) is 0 Å². The van der Waals surface area contributed by atoms with Crippen molar-refractivity contribution < 1.29 is 0 Å². The van der Waals surface area contributed by atoms with Crippen LogP contribution in [0.25, 0.3) is 0 Å². The highest BCUT2D eigenvalue weighted by molar-refractivity contribution is 9.10. The van der Waals surface area contributed by atoms with E-state index in [0.717, 1.165) is 11.0 Å². The predicted octanol–water partition coefficient (Wildman–Crippen LogP) is 5.12. The molecule has 0 aliphatic heterocycles. The Kier molecular flexibility index (Phi) is 6.28. The van der Waals surface area contributed by atoms with E-state index < -0.39 is 0 Å². The molecule has 0 saturated carbocycles. The number of hydrogen-bond donors (Lipinski definition) is 1. The van der Waals surface area contributed by atoms with Crippen molar-refractivity contribution in [3.63, 3.8) is 0 Å². The largest absolute Gasteiger partial charge is 0.310 e. The maximum atomic E-state index is 3.59. The molecule has 0 saturated heterocycles. The van der Waals surface area contributed by atoms with Crippen LogP contribution in [0.2, 0.25) is 0 Å². The summed E-state index contributed by atoms with van der Waals surface area (Å²) in [5.74, 6) is 0. The van der Waals surface area contributed by atoms with E-state index >= 15 is 0 Å². The van der Waals surface area contributed by atoms with E-state index in [4.69, 9.17) is 0 Å². The summed E-state index contributed by atoms with van der Waals surface area (Å²) >= 11 is 3.52. The summed E-state index contributed by atoms with van der Waals surface area (Å²) in [6.07, 6.45) is 3.63. The molecule has 20 heavy (non-hydrogen) atoms. The number of benzene rings is 2. The molecule has 2 heteroatoms. The Morgan fingerprint density at radius 1 is 1.00 bits per heavy atom. The van der Waals surface area contributed by atoms with Crippen LogP contribution in [0, 0.1) is 0 Å². The SMILES string of the molecule is CC(NCCCCc1ccccc1)c1cccc(Br)c1. The van der Waals surface area contributed by atoms with Gasteiger partial charge in [-0.2, -0.15) is 0 Å². The summed E-state index contributed by atoms with van der Waals surface area (Å²) in [4.78, 5) is 0. The monoisotopic (exact) mass is 331 g/mol. The molecule has 0 aliphatic rings. The van der Waals surface area contributed by atoms with Gasteiger partial charge < -0.3 is 5.32 Å². The Morgan fingerprint density at radius 2 is 1.80 bits per heavy atom. The molecule has 2 rings (SSSR count). The molecule has 1 N–H and O–H groups in total. The number of unbranched alkanes of at least 4 members (excludes halogenated alkanes) is 1. The molecule has 106 valence electrons. The summed E-state index contributed by atoms with van der Waals surface area (Å²) in [6.45, 7) is 3.29. The van der Waals surface area contributed by atoms with Crippen molar-refractivity contribution in [3.8, 4) is 0 Å². The van der Waals surface area contributed by atoms with E-state index in [-0.39, 0.29) is 0 Å². The van der Waals surface area contributed by atoms with Crippen LogP contribution in [-0.2, 0) is 6.42 Å². The molecule has 1 unspecified atom stereocenters. The average molecular weight is 332 g/mol. The molecule has 0 aromatic heterocycles. The lowest BCUT2D eigenvalue weighted by atomic mass is 10.1. The third-order valence-corrected chi connectivity index (χ3v) is 4.03. The van der Waals surface area contributed by atoms with E-state index in [9.17, 15) is 0 Å². The first kappa shape index (κ1) is 15.3. The summed E-state index contributed by atoms with van der Waals surface area (Å²) in [7, 11) is 0. The molecule has 0 aliphatic carbocycles. The topological polar surface area (TPSA) is 12.0 Å². The van der Waals surface area contributed by atoms with Crippen LogP contribution in [-0.4, -0.2) is 6.54 Å². The Bertz CT molecular complexity index is 510. The Balaban J connectivity index is 1.66. The van der Waals surface area contributed by atoms with Gasteiger partial charge in [-0.05, 0) is 56.0 Å². The molecule has 2 aromatic rings. The standard InChI is InChI=1S/C18H22BrN/c1-15(17-11-7-12-18(19)14-17)20-13-6-5-10-16-8-3-2-4-9-16/h2-4,7-9,11-12,14-15,20H,5-6,10,13H2,1H3. The Labute approximate surface area is 130 Å².